The smallest absolute Gasteiger partial charge is 0.157 e. The van der Waals surface area contributed by atoms with Crippen LogP contribution in [-0.4, -0.2) is 29.6 Å². The minimum absolute atomic E-state index is 0.517. The number of halogens is 1. The molecule has 0 unspecified atom stereocenters. The SMILES string of the molecule is Clc1ccc(OCCSC2=N[C@@H]3CCCC[C@H]3N2)cc1. The Morgan fingerprint density at radius 1 is 1.25 bits per heavy atom. The number of hydrogen-bond donors (Lipinski definition) is 1. The molecule has 3 nitrogen and oxygen atoms in total. The summed E-state index contributed by atoms with van der Waals surface area (Å²) in [5, 5.41) is 5.37. The summed E-state index contributed by atoms with van der Waals surface area (Å²) in [5.74, 6) is 1.78. The molecule has 108 valence electrons. The molecule has 1 aromatic rings. The van der Waals surface area contributed by atoms with Gasteiger partial charge in [-0.3, -0.25) is 4.99 Å². The summed E-state index contributed by atoms with van der Waals surface area (Å²) < 4.78 is 5.68. The van der Waals surface area contributed by atoms with Crippen molar-refractivity contribution >= 4 is 28.5 Å². The number of benzene rings is 1. The molecule has 0 aromatic heterocycles. The quantitative estimate of drug-likeness (QED) is 0.861. The van der Waals surface area contributed by atoms with E-state index in [2.05, 4.69) is 5.32 Å². The van der Waals surface area contributed by atoms with E-state index in [1.807, 2.05) is 24.3 Å². The minimum atomic E-state index is 0.517. The average molecular weight is 311 g/mol. The summed E-state index contributed by atoms with van der Waals surface area (Å²) in [6, 6.07) is 8.58. The molecule has 0 spiro atoms. The summed E-state index contributed by atoms with van der Waals surface area (Å²) in [5.41, 5.74) is 0. The molecule has 0 amide bonds. The molecule has 2 aliphatic rings. The highest BCUT2D eigenvalue weighted by atomic mass is 35.5. The Kier molecular flexibility index (Phi) is 4.73. The van der Waals surface area contributed by atoms with Gasteiger partial charge in [-0.15, -0.1) is 0 Å². The average Bonchev–Trinajstić information content (AvgIpc) is 2.88. The van der Waals surface area contributed by atoms with Crippen LogP contribution < -0.4 is 10.1 Å². The third-order valence-corrected chi connectivity index (χ3v) is 4.85. The fourth-order valence-electron chi connectivity index (χ4n) is 2.69. The van der Waals surface area contributed by atoms with E-state index in [0.29, 0.717) is 18.7 Å². The van der Waals surface area contributed by atoms with Crippen LogP contribution in [0.25, 0.3) is 0 Å². The second-order valence-electron chi connectivity index (χ2n) is 5.19. The predicted molar refractivity (Wildman–Crippen MR) is 86.0 cm³/mol. The lowest BCUT2D eigenvalue weighted by molar-refractivity contribution is 0.344. The number of ether oxygens (including phenoxy) is 1. The zero-order valence-corrected chi connectivity index (χ0v) is 12.9. The third-order valence-electron chi connectivity index (χ3n) is 3.73. The van der Waals surface area contributed by atoms with Crippen LogP contribution in [0.4, 0.5) is 0 Å². The number of rotatable bonds is 4. The molecule has 0 bridgehead atoms. The van der Waals surface area contributed by atoms with Crippen molar-refractivity contribution in [3.63, 3.8) is 0 Å². The normalized spacial score (nSPS) is 24.8. The van der Waals surface area contributed by atoms with E-state index in [1.54, 1.807) is 11.8 Å². The predicted octanol–water partition coefficient (Wildman–Crippen LogP) is 3.72. The first-order chi connectivity index (χ1) is 9.81. The molecule has 5 heteroatoms. The van der Waals surface area contributed by atoms with Crippen LogP contribution in [0.3, 0.4) is 0 Å². The number of amidine groups is 1. The maximum atomic E-state index is 5.84. The molecule has 1 saturated carbocycles. The van der Waals surface area contributed by atoms with Gasteiger partial charge in [0, 0.05) is 10.8 Å². The number of nitrogens with zero attached hydrogens (tertiary/aromatic N) is 1. The maximum absolute atomic E-state index is 5.84. The third kappa shape index (κ3) is 3.61. The minimum Gasteiger partial charge on any atom is -0.493 e. The van der Waals surface area contributed by atoms with E-state index in [9.17, 15) is 0 Å². The Bertz CT molecular complexity index is 477. The molecule has 1 N–H and O–H groups in total. The zero-order valence-electron chi connectivity index (χ0n) is 11.3. The largest absolute Gasteiger partial charge is 0.493 e. The summed E-state index contributed by atoms with van der Waals surface area (Å²) in [6.45, 7) is 0.683. The zero-order chi connectivity index (χ0) is 13.8. The molecule has 1 aliphatic carbocycles. The first-order valence-electron chi connectivity index (χ1n) is 7.17. The van der Waals surface area contributed by atoms with Crippen molar-refractivity contribution in [1.29, 1.82) is 0 Å². The Hall–Kier alpha value is -0.870. The first kappa shape index (κ1) is 14.1. The summed E-state index contributed by atoms with van der Waals surface area (Å²) in [6.07, 6.45) is 5.16. The van der Waals surface area contributed by atoms with Gasteiger partial charge in [-0.25, -0.2) is 0 Å². The highest BCUT2D eigenvalue weighted by Gasteiger charge is 2.30. The lowest BCUT2D eigenvalue weighted by Gasteiger charge is -2.23. The van der Waals surface area contributed by atoms with Crippen LogP contribution in [-0.2, 0) is 0 Å². The highest BCUT2D eigenvalue weighted by Crippen LogP contribution is 2.27. The van der Waals surface area contributed by atoms with Crippen LogP contribution in [0.5, 0.6) is 5.75 Å². The van der Waals surface area contributed by atoms with Gasteiger partial charge in [0.25, 0.3) is 0 Å². The van der Waals surface area contributed by atoms with E-state index in [-0.39, 0.29) is 0 Å². The van der Waals surface area contributed by atoms with Crippen LogP contribution in [0.2, 0.25) is 5.02 Å². The van der Waals surface area contributed by atoms with E-state index >= 15 is 0 Å². The Balaban J connectivity index is 1.39. The molecule has 2 atom stereocenters. The van der Waals surface area contributed by atoms with E-state index in [4.69, 9.17) is 21.3 Å². The van der Waals surface area contributed by atoms with E-state index in [1.165, 1.54) is 25.7 Å². The molecule has 20 heavy (non-hydrogen) atoms. The van der Waals surface area contributed by atoms with Gasteiger partial charge < -0.3 is 10.1 Å². The second-order valence-corrected chi connectivity index (χ2v) is 6.71. The molecule has 1 aromatic carbocycles. The Morgan fingerprint density at radius 2 is 2.05 bits per heavy atom. The van der Waals surface area contributed by atoms with E-state index < -0.39 is 0 Å². The number of thioether (sulfide) groups is 1. The first-order valence-corrected chi connectivity index (χ1v) is 8.53. The molecule has 1 heterocycles. The number of nitrogens with one attached hydrogen (secondary N) is 1. The summed E-state index contributed by atoms with van der Waals surface area (Å²) in [7, 11) is 0. The van der Waals surface area contributed by atoms with Gasteiger partial charge in [0.1, 0.15) is 5.75 Å². The molecule has 1 fully saturated rings. The van der Waals surface area contributed by atoms with E-state index in [0.717, 1.165) is 21.7 Å². The monoisotopic (exact) mass is 310 g/mol. The molecule has 0 radical (unpaired) electrons. The summed E-state index contributed by atoms with van der Waals surface area (Å²) >= 11 is 7.60. The van der Waals surface area contributed by atoms with Gasteiger partial charge in [0.2, 0.25) is 0 Å². The Morgan fingerprint density at radius 3 is 2.85 bits per heavy atom. The topological polar surface area (TPSA) is 33.6 Å². The fraction of sp³-hybridized carbons (Fsp3) is 0.533. The van der Waals surface area contributed by atoms with Gasteiger partial charge in [-0.1, -0.05) is 36.2 Å². The molecule has 1 aliphatic heterocycles. The summed E-state index contributed by atoms with van der Waals surface area (Å²) in [4.78, 5) is 4.76. The van der Waals surface area contributed by atoms with Crippen molar-refractivity contribution in [2.24, 2.45) is 4.99 Å². The number of aliphatic imine (C=N–C) groups is 1. The highest BCUT2D eigenvalue weighted by molar-refractivity contribution is 8.13. The van der Waals surface area contributed by atoms with Gasteiger partial charge in [-0.05, 0) is 37.1 Å². The van der Waals surface area contributed by atoms with Crippen molar-refractivity contribution in [3.05, 3.63) is 29.3 Å². The molecular weight excluding hydrogens is 292 g/mol. The van der Waals surface area contributed by atoms with Crippen LogP contribution in [0, 0.1) is 0 Å². The molecule has 0 saturated heterocycles. The maximum Gasteiger partial charge on any atom is 0.157 e. The van der Waals surface area contributed by atoms with Crippen LogP contribution in [0.1, 0.15) is 25.7 Å². The lowest BCUT2D eigenvalue weighted by Crippen LogP contribution is -2.36. The lowest BCUT2D eigenvalue weighted by atomic mass is 9.92. The second kappa shape index (κ2) is 6.72. The Labute approximate surface area is 129 Å². The van der Waals surface area contributed by atoms with Crippen molar-refractivity contribution < 1.29 is 4.74 Å². The number of hydrogen-bond acceptors (Lipinski definition) is 4. The van der Waals surface area contributed by atoms with Crippen molar-refractivity contribution in [3.8, 4) is 5.75 Å². The van der Waals surface area contributed by atoms with Crippen molar-refractivity contribution in [1.82, 2.24) is 5.32 Å². The van der Waals surface area contributed by atoms with Crippen molar-refractivity contribution in [2.75, 3.05) is 12.4 Å². The van der Waals surface area contributed by atoms with Gasteiger partial charge in [-0.2, -0.15) is 0 Å². The molecule has 3 rings (SSSR count). The molecular formula is C15H19ClN2OS. The van der Waals surface area contributed by atoms with Crippen LogP contribution in [0.15, 0.2) is 29.3 Å². The van der Waals surface area contributed by atoms with Gasteiger partial charge >= 0.3 is 0 Å². The van der Waals surface area contributed by atoms with Gasteiger partial charge in [0.15, 0.2) is 5.17 Å². The van der Waals surface area contributed by atoms with Crippen molar-refractivity contribution in [2.45, 2.75) is 37.8 Å². The van der Waals surface area contributed by atoms with Gasteiger partial charge in [0.05, 0.1) is 18.7 Å². The van der Waals surface area contributed by atoms with Crippen LogP contribution >= 0.6 is 23.4 Å². The number of fused-ring (bicyclic) bond motifs is 1. The fourth-order valence-corrected chi connectivity index (χ4v) is 3.62. The standard InChI is InChI=1S/C15H19ClN2OS/c16-11-5-7-12(8-6-11)19-9-10-20-15-17-13-3-1-2-4-14(13)18-15/h5-8,13-14H,1-4,9-10H2,(H,17,18)/t13-,14-/m1/s1.